The number of hydrogen-bond acceptors (Lipinski definition) is 4. The fraction of sp³-hybridized carbons (Fsp3) is 0.650. The Morgan fingerprint density at radius 3 is 2.68 bits per heavy atom. The maximum Gasteiger partial charge on any atom is 0.248 e. The highest BCUT2D eigenvalue weighted by Crippen LogP contribution is 2.26. The Morgan fingerprint density at radius 2 is 2.04 bits per heavy atom. The first-order valence-electron chi connectivity index (χ1n) is 9.25. The molecule has 1 amide bonds. The predicted molar refractivity (Wildman–Crippen MR) is 95.4 cm³/mol. The quantitative estimate of drug-likeness (QED) is 0.854. The lowest BCUT2D eigenvalue weighted by molar-refractivity contribution is -0.140. The van der Waals surface area contributed by atoms with Crippen LogP contribution in [0.15, 0.2) is 24.3 Å². The maximum absolute atomic E-state index is 12.3. The van der Waals surface area contributed by atoms with Gasteiger partial charge in [-0.2, -0.15) is 0 Å². The molecule has 25 heavy (non-hydrogen) atoms. The van der Waals surface area contributed by atoms with Crippen LogP contribution in [0.3, 0.4) is 0 Å². The molecule has 5 nitrogen and oxygen atoms in total. The average Bonchev–Trinajstić information content (AvgIpc) is 3.11. The number of rotatable bonds is 6. The number of amides is 1. The zero-order valence-electron chi connectivity index (χ0n) is 15.1. The van der Waals surface area contributed by atoms with Crippen LogP contribution in [0.4, 0.5) is 0 Å². The fourth-order valence-corrected chi connectivity index (χ4v) is 3.55. The summed E-state index contributed by atoms with van der Waals surface area (Å²) in [5, 5.41) is 10.8. The third-order valence-electron chi connectivity index (χ3n) is 5.30. The molecular formula is C20H29NO4. The van der Waals surface area contributed by atoms with Gasteiger partial charge in [0.25, 0.3) is 0 Å². The molecule has 0 saturated carbocycles. The first-order valence-corrected chi connectivity index (χ1v) is 9.25. The number of likely N-dealkylation sites (tertiary alicyclic amines) is 1. The monoisotopic (exact) mass is 347 g/mol. The second-order valence-electron chi connectivity index (χ2n) is 7.51. The molecular weight excluding hydrogens is 318 g/mol. The molecule has 2 heterocycles. The summed E-state index contributed by atoms with van der Waals surface area (Å²) in [6.45, 7) is 5.51. The van der Waals surface area contributed by atoms with Crippen LogP contribution < -0.4 is 0 Å². The van der Waals surface area contributed by atoms with E-state index in [-0.39, 0.29) is 12.5 Å². The van der Waals surface area contributed by atoms with Gasteiger partial charge >= 0.3 is 0 Å². The van der Waals surface area contributed by atoms with Gasteiger partial charge in [0.05, 0.1) is 18.8 Å². The number of carbonyl (C=O) groups is 1. The maximum atomic E-state index is 12.3. The van der Waals surface area contributed by atoms with Crippen molar-refractivity contribution in [3.8, 4) is 0 Å². The van der Waals surface area contributed by atoms with Crippen LogP contribution in [-0.2, 0) is 20.7 Å². The molecule has 1 aromatic carbocycles. The molecule has 0 aliphatic carbocycles. The molecule has 5 heteroatoms. The van der Waals surface area contributed by atoms with E-state index in [2.05, 4.69) is 31.2 Å². The molecule has 1 aromatic rings. The second kappa shape index (κ2) is 8.30. The normalized spacial score (nSPS) is 23.0. The van der Waals surface area contributed by atoms with Gasteiger partial charge < -0.3 is 19.5 Å². The molecule has 2 saturated heterocycles. The van der Waals surface area contributed by atoms with Gasteiger partial charge in [0.15, 0.2) is 0 Å². The third-order valence-corrected chi connectivity index (χ3v) is 5.30. The van der Waals surface area contributed by atoms with Crippen molar-refractivity contribution in [1.29, 1.82) is 0 Å². The van der Waals surface area contributed by atoms with Gasteiger partial charge in [-0.15, -0.1) is 0 Å². The summed E-state index contributed by atoms with van der Waals surface area (Å²) in [5.41, 5.74) is 1.66. The summed E-state index contributed by atoms with van der Waals surface area (Å²) < 4.78 is 10.9. The minimum absolute atomic E-state index is 0.0244. The lowest BCUT2D eigenvalue weighted by Crippen LogP contribution is -2.48. The SMILES string of the molecule is Cc1ccc(CC2(O)CCN(C(=O)COCC3CCOC3)CC2)cc1. The minimum Gasteiger partial charge on any atom is -0.389 e. The van der Waals surface area contributed by atoms with Crippen molar-refractivity contribution in [2.75, 3.05) is 39.5 Å². The molecule has 0 radical (unpaired) electrons. The minimum atomic E-state index is -0.714. The van der Waals surface area contributed by atoms with E-state index in [1.165, 1.54) is 5.56 Å². The van der Waals surface area contributed by atoms with Crippen molar-refractivity contribution in [3.05, 3.63) is 35.4 Å². The summed E-state index contributed by atoms with van der Waals surface area (Å²) in [5.74, 6) is 0.449. The van der Waals surface area contributed by atoms with Gasteiger partial charge in [0.2, 0.25) is 5.91 Å². The molecule has 0 spiro atoms. The van der Waals surface area contributed by atoms with Crippen molar-refractivity contribution in [1.82, 2.24) is 4.90 Å². The van der Waals surface area contributed by atoms with Gasteiger partial charge in [-0.25, -0.2) is 0 Å². The van der Waals surface area contributed by atoms with Gasteiger partial charge in [0.1, 0.15) is 6.61 Å². The largest absolute Gasteiger partial charge is 0.389 e. The number of nitrogens with zero attached hydrogens (tertiary/aromatic N) is 1. The van der Waals surface area contributed by atoms with Gasteiger partial charge in [-0.1, -0.05) is 29.8 Å². The molecule has 2 fully saturated rings. The topological polar surface area (TPSA) is 59.0 Å². The van der Waals surface area contributed by atoms with Crippen molar-refractivity contribution in [3.63, 3.8) is 0 Å². The molecule has 1 N–H and O–H groups in total. The highest BCUT2D eigenvalue weighted by Gasteiger charge is 2.34. The first kappa shape index (κ1) is 18.4. The number of benzene rings is 1. The summed E-state index contributed by atoms with van der Waals surface area (Å²) in [7, 11) is 0. The molecule has 1 atom stereocenters. The number of ether oxygens (including phenoxy) is 2. The van der Waals surface area contributed by atoms with Crippen LogP contribution in [0.5, 0.6) is 0 Å². The second-order valence-corrected chi connectivity index (χ2v) is 7.51. The Balaban J connectivity index is 1.40. The van der Waals surface area contributed by atoms with E-state index in [1.807, 2.05) is 4.90 Å². The van der Waals surface area contributed by atoms with Crippen LogP contribution in [0.1, 0.15) is 30.4 Å². The van der Waals surface area contributed by atoms with Crippen molar-refractivity contribution in [2.45, 2.75) is 38.2 Å². The molecule has 2 aliphatic rings. The fourth-order valence-electron chi connectivity index (χ4n) is 3.55. The molecule has 2 aliphatic heterocycles. The summed E-state index contributed by atoms with van der Waals surface area (Å²) in [4.78, 5) is 14.1. The molecule has 0 bridgehead atoms. The standard InChI is InChI=1S/C20H29NO4/c1-16-2-4-17(5-3-16)12-20(23)7-9-21(10-8-20)19(22)15-25-14-18-6-11-24-13-18/h2-5,18,23H,6-15H2,1H3. The van der Waals surface area contributed by atoms with Crippen molar-refractivity contribution >= 4 is 5.91 Å². The molecule has 0 aromatic heterocycles. The number of aliphatic hydroxyl groups is 1. The predicted octanol–water partition coefficient (Wildman–Crippen LogP) is 1.94. The highest BCUT2D eigenvalue weighted by molar-refractivity contribution is 5.77. The van der Waals surface area contributed by atoms with E-state index in [0.29, 0.717) is 44.9 Å². The van der Waals surface area contributed by atoms with Crippen LogP contribution >= 0.6 is 0 Å². The van der Waals surface area contributed by atoms with E-state index >= 15 is 0 Å². The zero-order chi connectivity index (χ0) is 17.7. The van der Waals surface area contributed by atoms with Crippen molar-refractivity contribution in [2.24, 2.45) is 5.92 Å². The number of carbonyl (C=O) groups excluding carboxylic acids is 1. The molecule has 138 valence electrons. The lowest BCUT2D eigenvalue weighted by Gasteiger charge is -2.38. The van der Waals surface area contributed by atoms with E-state index in [9.17, 15) is 9.90 Å². The van der Waals surface area contributed by atoms with E-state index in [4.69, 9.17) is 9.47 Å². The lowest BCUT2D eigenvalue weighted by atomic mass is 9.85. The van der Waals surface area contributed by atoms with Gasteiger partial charge in [-0.3, -0.25) is 4.79 Å². The first-order chi connectivity index (χ1) is 12.0. The Hall–Kier alpha value is -1.43. The van der Waals surface area contributed by atoms with Crippen LogP contribution in [0.2, 0.25) is 0 Å². The third kappa shape index (κ3) is 5.27. The Morgan fingerprint density at radius 1 is 1.32 bits per heavy atom. The Bertz CT molecular complexity index is 558. The van der Waals surface area contributed by atoms with Crippen LogP contribution in [0, 0.1) is 12.8 Å². The zero-order valence-corrected chi connectivity index (χ0v) is 15.1. The molecule has 1 unspecified atom stereocenters. The summed E-state index contributed by atoms with van der Waals surface area (Å²) in [6.07, 6.45) is 2.89. The van der Waals surface area contributed by atoms with E-state index in [1.54, 1.807) is 0 Å². The van der Waals surface area contributed by atoms with Gasteiger partial charge in [-0.05, 0) is 31.7 Å². The van der Waals surface area contributed by atoms with Gasteiger partial charge in [0, 0.05) is 32.0 Å². The Labute approximate surface area is 149 Å². The number of aryl methyl sites for hydroxylation is 1. The highest BCUT2D eigenvalue weighted by atomic mass is 16.5. The average molecular weight is 347 g/mol. The van der Waals surface area contributed by atoms with Crippen LogP contribution in [-0.4, -0.2) is 61.0 Å². The number of piperidine rings is 1. The van der Waals surface area contributed by atoms with E-state index in [0.717, 1.165) is 25.2 Å². The molecule has 3 rings (SSSR count). The summed E-state index contributed by atoms with van der Waals surface area (Å²) in [6, 6.07) is 8.30. The smallest absolute Gasteiger partial charge is 0.248 e. The summed E-state index contributed by atoms with van der Waals surface area (Å²) >= 11 is 0. The Kier molecular flexibility index (Phi) is 6.10. The van der Waals surface area contributed by atoms with Crippen LogP contribution in [0.25, 0.3) is 0 Å². The van der Waals surface area contributed by atoms with E-state index < -0.39 is 5.60 Å². The number of hydrogen-bond donors (Lipinski definition) is 1. The van der Waals surface area contributed by atoms with Crippen molar-refractivity contribution < 1.29 is 19.4 Å².